The third kappa shape index (κ3) is 9.86. The molecule has 0 unspecified atom stereocenters. The van der Waals surface area contributed by atoms with E-state index in [-0.39, 0.29) is 0 Å². The van der Waals surface area contributed by atoms with Crippen molar-refractivity contribution in [2.24, 2.45) is 5.92 Å². The minimum Gasteiger partial charge on any atom is -0.131 e. The molecule has 0 aliphatic carbocycles. The molecule has 0 heterocycles. The Morgan fingerprint density at radius 3 is 2.21 bits per heavy atom. The van der Waals surface area contributed by atoms with Gasteiger partial charge in [-0.1, -0.05) is 46.3 Å². The van der Waals surface area contributed by atoms with Crippen LogP contribution in [0.1, 0.15) is 40.0 Å². The predicted octanol–water partition coefficient (Wildman–Crippen LogP) is 4.29. The molecule has 1 heteroatoms. The minimum atomic E-state index is -1.16. The minimum absolute atomic E-state index is 0.827. The van der Waals surface area contributed by atoms with E-state index in [2.05, 4.69) is 51.9 Å². The standard InChI is InChI=1S/C13H25Si/c1-12(2)8-7-9-13(3)10-11-14(4,5)6/h12H,7-9H2,1-6H3. The molecule has 0 saturated heterocycles. The van der Waals surface area contributed by atoms with Gasteiger partial charge in [0.05, 0.1) is 0 Å². The summed E-state index contributed by atoms with van der Waals surface area (Å²) in [7, 11) is -1.16. The Balaban J connectivity index is 3.74. The smallest absolute Gasteiger partial charge is 0.129 e. The monoisotopic (exact) mass is 209 g/mol. The Morgan fingerprint density at radius 2 is 1.79 bits per heavy atom. The van der Waals surface area contributed by atoms with E-state index in [4.69, 9.17) is 0 Å². The molecule has 81 valence electrons. The Morgan fingerprint density at radius 1 is 1.21 bits per heavy atom. The van der Waals surface area contributed by atoms with Crippen molar-refractivity contribution in [1.29, 1.82) is 0 Å². The fourth-order valence-corrected chi connectivity index (χ4v) is 1.72. The first-order chi connectivity index (χ1) is 6.31. The van der Waals surface area contributed by atoms with E-state index in [1.807, 2.05) is 0 Å². The molecule has 0 aromatic rings. The van der Waals surface area contributed by atoms with Gasteiger partial charge >= 0.3 is 0 Å². The first-order valence-electron chi connectivity index (χ1n) is 5.67. The maximum Gasteiger partial charge on any atom is 0.129 e. The molecule has 0 aliphatic rings. The molecule has 0 aromatic carbocycles. The lowest BCUT2D eigenvalue weighted by Crippen LogP contribution is -2.16. The quantitative estimate of drug-likeness (QED) is 0.479. The summed E-state index contributed by atoms with van der Waals surface area (Å²) in [6.45, 7) is 13.6. The molecule has 0 bridgehead atoms. The number of hydrogen-bond acceptors (Lipinski definition) is 0. The summed E-state index contributed by atoms with van der Waals surface area (Å²) in [6.07, 6.45) is 3.81. The maximum atomic E-state index is 3.41. The van der Waals surface area contributed by atoms with Gasteiger partial charge in [-0.3, -0.25) is 0 Å². The highest BCUT2D eigenvalue weighted by Crippen LogP contribution is 2.13. The molecule has 0 saturated carbocycles. The summed E-state index contributed by atoms with van der Waals surface area (Å²) in [5.74, 6) is 5.52. The van der Waals surface area contributed by atoms with Crippen LogP contribution in [0.15, 0.2) is 0 Å². The Hall–Kier alpha value is -0.223. The summed E-state index contributed by atoms with van der Waals surface area (Å²) in [5.41, 5.74) is 3.41. The molecule has 0 N–H and O–H groups in total. The van der Waals surface area contributed by atoms with Crippen LogP contribution in [0.3, 0.4) is 0 Å². The van der Waals surface area contributed by atoms with Crippen LogP contribution in [0.25, 0.3) is 0 Å². The molecule has 0 spiro atoms. The topological polar surface area (TPSA) is 0 Å². The van der Waals surface area contributed by atoms with Crippen LogP contribution in [-0.4, -0.2) is 8.07 Å². The van der Waals surface area contributed by atoms with E-state index < -0.39 is 8.07 Å². The Kier molecular flexibility index (Phi) is 6.20. The van der Waals surface area contributed by atoms with Crippen molar-refractivity contribution in [3.63, 3.8) is 0 Å². The highest BCUT2D eigenvalue weighted by atomic mass is 28.3. The summed E-state index contributed by atoms with van der Waals surface area (Å²) in [6, 6.07) is 0. The molecule has 0 nitrogen and oxygen atoms in total. The zero-order valence-electron chi connectivity index (χ0n) is 10.7. The number of rotatable bonds is 4. The molecule has 1 radical (unpaired) electrons. The van der Waals surface area contributed by atoms with Gasteiger partial charge < -0.3 is 0 Å². The van der Waals surface area contributed by atoms with Crippen molar-refractivity contribution in [2.75, 3.05) is 0 Å². The average Bonchev–Trinajstić information content (AvgIpc) is 1.99. The van der Waals surface area contributed by atoms with Gasteiger partial charge in [-0.05, 0) is 19.3 Å². The summed E-state index contributed by atoms with van der Waals surface area (Å²) in [4.78, 5) is 0. The molecule has 0 aromatic heterocycles. The van der Waals surface area contributed by atoms with Gasteiger partial charge in [-0.2, -0.15) is 0 Å². The summed E-state index contributed by atoms with van der Waals surface area (Å²) < 4.78 is 0. The van der Waals surface area contributed by atoms with Crippen LogP contribution in [0.5, 0.6) is 0 Å². The largest absolute Gasteiger partial charge is 0.131 e. The lowest BCUT2D eigenvalue weighted by atomic mass is 10.0. The molecule has 0 fully saturated rings. The highest BCUT2D eigenvalue weighted by molar-refractivity contribution is 6.83. The van der Waals surface area contributed by atoms with E-state index >= 15 is 0 Å². The lowest BCUT2D eigenvalue weighted by molar-refractivity contribution is 0.548. The molecule has 0 aliphatic heterocycles. The molecule has 14 heavy (non-hydrogen) atoms. The van der Waals surface area contributed by atoms with Crippen LogP contribution in [0.4, 0.5) is 0 Å². The van der Waals surface area contributed by atoms with Gasteiger partial charge in [0.25, 0.3) is 0 Å². The van der Waals surface area contributed by atoms with Crippen molar-refractivity contribution in [2.45, 2.75) is 59.7 Å². The zero-order chi connectivity index (χ0) is 11.2. The summed E-state index contributed by atoms with van der Waals surface area (Å²) >= 11 is 0. The molecular formula is C13H25Si. The maximum absolute atomic E-state index is 3.41. The molecular weight excluding hydrogens is 184 g/mol. The van der Waals surface area contributed by atoms with Crippen LogP contribution < -0.4 is 0 Å². The zero-order valence-corrected chi connectivity index (χ0v) is 11.7. The van der Waals surface area contributed by atoms with Gasteiger partial charge in [0.1, 0.15) is 8.07 Å². The molecule has 0 atom stereocenters. The van der Waals surface area contributed by atoms with E-state index in [1.54, 1.807) is 0 Å². The van der Waals surface area contributed by atoms with E-state index in [1.165, 1.54) is 25.2 Å². The first kappa shape index (κ1) is 13.8. The van der Waals surface area contributed by atoms with Crippen molar-refractivity contribution >= 4 is 8.07 Å². The third-order valence-corrected chi connectivity index (χ3v) is 2.86. The lowest BCUT2D eigenvalue weighted by Gasteiger charge is -2.07. The predicted molar refractivity (Wildman–Crippen MR) is 68.7 cm³/mol. The Labute approximate surface area is 91.5 Å². The van der Waals surface area contributed by atoms with Crippen molar-refractivity contribution in [1.82, 2.24) is 0 Å². The van der Waals surface area contributed by atoms with Crippen molar-refractivity contribution < 1.29 is 0 Å². The van der Waals surface area contributed by atoms with Gasteiger partial charge in [0.2, 0.25) is 0 Å². The van der Waals surface area contributed by atoms with E-state index in [0.717, 1.165) is 5.92 Å². The normalized spacial score (nSPS) is 11.7. The molecule has 0 rings (SSSR count). The van der Waals surface area contributed by atoms with Crippen LogP contribution in [0.2, 0.25) is 19.6 Å². The van der Waals surface area contributed by atoms with Crippen LogP contribution in [0, 0.1) is 23.3 Å². The van der Waals surface area contributed by atoms with E-state index in [0.29, 0.717) is 0 Å². The van der Waals surface area contributed by atoms with Gasteiger partial charge in [0, 0.05) is 5.92 Å². The second kappa shape index (κ2) is 6.30. The SMILES string of the molecule is C[C](C#C[Si](C)(C)C)CCCC(C)C. The van der Waals surface area contributed by atoms with Crippen molar-refractivity contribution in [3.8, 4) is 11.5 Å². The highest BCUT2D eigenvalue weighted by Gasteiger charge is 2.08. The van der Waals surface area contributed by atoms with Crippen molar-refractivity contribution in [3.05, 3.63) is 5.92 Å². The molecule has 0 amide bonds. The fourth-order valence-electron chi connectivity index (χ4n) is 1.13. The Bertz CT molecular complexity index is 200. The third-order valence-electron chi connectivity index (χ3n) is 1.98. The van der Waals surface area contributed by atoms with Crippen LogP contribution in [-0.2, 0) is 0 Å². The van der Waals surface area contributed by atoms with E-state index in [9.17, 15) is 0 Å². The summed E-state index contributed by atoms with van der Waals surface area (Å²) in [5, 5.41) is 0. The average molecular weight is 209 g/mol. The van der Waals surface area contributed by atoms with Gasteiger partial charge in [-0.15, -0.1) is 11.5 Å². The number of hydrogen-bond donors (Lipinski definition) is 0. The van der Waals surface area contributed by atoms with Crippen LogP contribution >= 0.6 is 0 Å². The fraction of sp³-hybridized carbons (Fsp3) is 0.769. The first-order valence-corrected chi connectivity index (χ1v) is 9.17. The second-order valence-corrected chi connectivity index (χ2v) is 10.3. The van der Waals surface area contributed by atoms with Gasteiger partial charge in [0.15, 0.2) is 0 Å². The van der Waals surface area contributed by atoms with Gasteiger partial charge in [-0.25, -0.2) is 0 Å². The second-order valence-electron chi connectivity index (χ2n) is 5.57.